The number of benzene rings is 2. The first kappa shape index (κ1) is 19.4. The molecule has 0 aliphatic carbocycles. The van der Waals surface area contributed by atoms with Gasteiger partial charge in [-0.25, -0.2) is 9.38 Å². The van der Waals surface area contributed by atoms with Crippen molar-refractivity contribution in [1.82, 2.24) is 15.5 Å². The Kier molecular flexibility index (Phi) is 7.22. The van der Waals surface area contributed by atoms with E-state index in [1.165, 1.54) is 49.2 Å². The van der Waals surface area contributed by atoms with Gasteiger partial charge in [-0.15, -0.1) is 0 Å². The number of hydrogen-bond donors (Lipinski definition) is 2. The van der Waals surface area contributed by atoms with Crippen LogP contribution in [0.3, 0.4) is 0 Å². The highest BCUT2D eigenvalue weighted by atomic mass is 19.1. The summed E-state index contributed by atoms with van der Waals surface area (Å²) in [7, 11) is 0. The highest BCUT2D eigenvalue weighted by molar-refractivity contribution is 5.79. The minimum absolute atomic E-state index is 0.227. The largest absolute Gasteiger partial charge is 0.357 e. The molecule has 4 nitrogen and oxygen atoms in total. The molecule has 144 valence electrons. The zero-order valence-corrected chi connectivity index (χ0v) is 16.0. The Bertz CT molecular complexity index is 736. The minimum Gasteiger partial charge on any atom is -0.357 e. The van der Waals surface area contributed by atoms with E-state index in [0.717, 1.165) is 24.6 Å². The van der Waals surface area contributed by atoms with Crippen molar-refractivity contribution in [2.75, 3.05) is 19.6 Å². The van der Waals surface area contributed by atoms with E-state index in [2.05, 4.69) is 44.8 Å². The van der Waals surface area contributed by atoms with Crippen LogP contribution in [0.5, 0.6) is 0 Å². The van der Waals surface area contributed by atoms with Gasteiger partial charge >= 0.3 is 0 Å². The lowest BCUT2D eigenvalue weighted by molar-refractivity contribution is 0.331. The number of guanidine groups is 1. The predicted octanol–water partition coefficient (Wildman–Crippen LogP) is 3.68. The first-order chi connectivity index (χ1) is 13.2. The van der Waals surface area contributed by atoms with Gasteiger partial charge in [-0.3, -0.25) is 4.90 Å². The molecule has 0 bridgehead atoms. The zero-order chi connectivity index (χ0) is 18.9. The van der Waals surface area contributed by atoms with Crippen LogP contribution in [0.15, 0.2) is 53.5 Å². The van der Waals surface area contributed by atoms with Crippen LogP contribution in [-0.2, 0) is 19.6 Å². The maximum Gasteiger partial charge on any atom is 0.191 e. The lowest BCUT2D eigenvalue weighted by Crippen LogP contribution is -2.36. The molecule has 2 N–H and O–H groups in total. The Balaban J connectivity index is 1.52. The van der Waals surface area contributed by atoms with Crippen molar-refractivity contribution in [3.63, 3.8) is 0 Å². The molecule has 0 unspecified atom stereocenters. The van der Waals surface area contributed by atoms with Gasteiger partial charge in [-0.2, -0.15) is 0 Å². The molecule has 0 atom stereocenters. The molecular weight excluding hydrogens is 339 g/mol. The maximum absolute atomic E-state index is 13.3. The van der Waals surface area contributed by atoms with Crippen molar-refractivity contribution in [1.29, 1.82) is 0 Å². The van der Waals surface area contributed by atoms with Gasteiger partial charge in [-0.1, -0.05) is 36.4 Å². The smallest absolute Gasteiger partial charge is 0.191 e. The Morgan fingerprint density at radius 3 is 2.44 bits per heavy atom. The molecule has 5 heteroatoms. The van der Waals surface area contributed by atoms with Crippen molar-refractivity contribution in [3.8, 4) is 0 Å². The van der Waals surface area contributed by atoms with E-state index in [1.807, 2.05) is 13.0 Å². The number of rotatable bonds is 7. The summed E-state index contributed by atoms with van der Waals surface area (Å²) in [5.41, 5.74) is 3.45. The van der Waals surface area contributed by atoms with E-state index in [-0.39, 0.29) is 5.82 Å². The van der Waals surface area contributed by atoms with Crippen LogP contribution in [0.2, 0.25) is 0 Å². The monoisotopic (exact) mass is 368 g/mol. The third-order valence-corrected chi connectivity index (χ3v) is 4.74. The average molecular weight is 369 g/mol. The lowest BCUT2D eigenvalue weighted by atomic mass is 10.1. The molecule has 1 heterocycles. The van der Waals surface area contributed by atoms with Crippen molar-refractivity contribution >= 4 is 5.96 Å². The van der Waals surface area contributed by atoms with Crippen molar-refractivity contribution in [3.05, 3.63) is 71.0 Å². The van der Waals surface area contributed by atoms with Crippen LogP contribution in [0.4, 0.5) is 4.39 Å². The lowest BCUT2D eigenvalue weighted by Gasteiger charge is -2.15. The third kappa shape index (κ3) is 6.36. The van der Waals surface area contributed by atoms with Crippen LogP contribution in [0, 0.1) is 5.82 Å². The van der Waals surface area contributed by atoms with Crippen molar-refractivity contribution in [2.45, 2.75) is 39.4 Å². The van der Waals surface area contributed by atoms with Gasteiger partial charge in [-0.05, 0) is 61.7 Å². The highest BCUT2D eigenvalue weighted by Gasteiger charge is 2.11. The normalized spacial score (nSPS) is 15.1. The molecule has 0 spiro atoms. The van der Waals surface area contributed by atoms with Crippen molar-refractivity contribution < 1.29 is 4.39 Å². The number of likely N-dealkylation sites (tertiary alicyclic amines) is 1. The van der Waals surface area contributed by atoms with Gasteiger partial charge in [0.1, 0.15) is 5.82 Å². The van der Waals surface area contributed by atoms with Gasteiger partial charge in [0.25, 0.3) is 0 Å². The number of nitrogens with zero attached hydrogens (tertiary/aromatic N) is 2. The van der Waals surface area contributed by atoms with Gasteiger partial charge in [0.15, 0.2) is 5.96 Å². The number of halogens is 1. The fourth-order valence-corrected chi connectivity index (χ4v) is 3.29. The molecule has 2 aromatic rings. The average Bonchev–Trinajstić information content (AvgIpc) is 3.18. The second kappa shape index (κ2) is 10.1. The van der Waals surface area contributed by atoms with E-state index in [1.54, 1.807) is 6.07 Å². The fraction of sp³-hybridized carbons (Fsp3) is 0.409. The van der Waals surface area contributed by atoms with E-state index in [0.29, 0.717) is 13.1 Å². The van der Waals surface area contributed by atoms with Crippen LogP contribution in [0.25, 0.3) is 0 Å². The Morgan fingerprint density at radius 1 is 1.00 bits per heavy atom. The topological polar surface area (TPSA) is 39.7 Å². The summed E-state index contributed by atoms with van der Waals surface area (Å²) in [4.78, 5) is 7.06. The highest BCUT2D eigenvalue weighted by Crippen LogP contribution is 2.13. The third-order valence-electron chi connectivity index (χ3n) is 4.74. The first-order valence-corrected chi connectivity index (χ1v) is 9.80. The number of nitrogens with one attached hydrogen (secondary N) is 2. The predicted molar refractivity (Wildman–Crippen MR) is 109 cm³/mol. The second-order valence-electron chi connectivity index (χ2n) is 6.98. The summed E-state index contributed by atoms with van der Waals surface area (Å²) in [6.45, 7) is 7.46. The molecular formula is C22H29FN4. The molecule has 3 rings (SSSR count). The minimum atomic E-state index is -0.227. The van der Waals surface area contributed by atoms with Crippen LogP contribution >= 0.6 is 0 Å². The van der Waals surface area contributed by atoms with Crippen LogP contribution < -0.4 is 10.6 Å². The number of aliphatic imine (C=N–C) groups is 1. The molecule has 27 heavy (non-hydrogen) atoms. The molecule has 0 amide bonds. The quantitative estimate of drug-likeness (QED) is 0.579. The van der Waals surface area contributed by atoms with Crippen LogP contribution in [-0.4, -0.2) is 30.5 Å². The van der Waals surface area contributed by atoms with Gasteiger partial charge < -0.3 is 10.6 Å². The fourth-order valence-electron chi connectivity index (χ4n) is 3.29. The molecule has 1 aliphatic heterocycles. The molecule has 2 aromatic carbocycles. The van der Waals surface area contributed by atoms with Crippen molar-refractivity contribution in [2.24, 2.45) is 4.99 Å². The molecule has 0 saturated carbocycles. The second-order valence-corrected chi connectivity index (χ2v) is 6.98. The van der Waals surface area contributed by atoms with E-state index >= 15 is 0 Å². The SMILES string of the molecule is CCNC(=NCc1cccc(F)c1)NCc1ccc(CN2CCCC2)cc1. The number of hydrogen-bond acceptors (Lipinski definition) is 2. The molecule has 1 fully saturated rings. The summed E-state index contributed by atoms with van der Waals surface area (Å²) >= 11 is 0. The zero-order valence-electron chi connectivity index (χ0n) is 16.0. The van der Waals surface area contributed by atoms with Gasteiger partial charge in [0.2, 0.25) is 0 Å². The van der Waals surface area contributed by atoms with Gasteiger partial charge in [0, 0.05) is 19.6 Å². The van der Waals surface area contributed by atoms with Crippen LogP contribution in [0.1, 0.15) is 36.5 Å². The Morgan fingerprint density at radius 2 is 1.74 bits per heavy atom. The Hall–Kier alpha value is -2.40. The van der Waals surface area contributed by atoms with E-state index < -0.39 is 0 Å². The molecule has 1 aliphatic rings. The first-order valence-electron chi connectivity index (χ1n) is 9.80. The maximum atomic E-state index is 13.3. The Labute approximate surface area is 161 Å². The summed E-state index contributed by atoms with van der Waals surface area (Å²) in [6.07, 6.45) is 2.65. The van der Waals surface area contributed by atoms with E-state index in [4.69, 9.17) is 0 Å². The molecule has 1 saturated heterocycles. The summed E-state index contributed by atoms with van der Waals surface area (Å²) in [5.74, 6) is 0.512. The standard InChI is InChI=1S/C22H29FN4/c1-2-24-22(26-16-20-6-5-7-21(23)14-20)25-15-18-8-10-19(11-9-18)17-27-12-3-4-13-27/h5-11,14H,2-4,12-13,15-17H2,1H3,(H2,24,25,26). The summed E-state index contributed by atoms with van der Waals surface area (Å²) in [5, 5.41) is 6.58. The summed E-state index contributed by atoms with van der Waals surface area (Å²) in [6, 6.07) is 15.3. The summed E-state index contributed by atoms with van der Waals surface area (Å²) < 4.78 is 13.3. The molecule has 0 aromatic heterocycles. The van der Waals surface area contributed by atoms with Gasteiger partial charge in [0.05, 0.1) is 6.54 Å². The van der Waals surface area contributed by atoms with E-state index in [9.17, 15) is 4.39 Å². The molecule has 0 radical (unpaired) electrons.